The van der Waals surface area contributed by atoms with Crippen molar-refractivity contribution < 1.29 is 4.79 Å². The average molecular weight is 437 g/mol. The first kappa shape index (κ1) is 20.6. The highest BCUT2D eigenvalue weighted by Gasteiger charge is 2.16. The first-order valence-corrected chi connectivity index (χ1v) is 10.9. The summed E-state index contributed by atoms with van der Waals surface area (Å²) >= 11 is 0. The van der Waals surface area contributed by atoms with Gasteiger partial charge in [-0.2, -0.15) is 10.2 Å². The van der Waals surface area contributed by atoms with Crippen LogP contribution >= 0.6 is 0 Å². The van der Waals surface area contributed by atoms with Gasteiger partial charge in [0.2, 0.25) is 0 Å². The molecule has 33 heavy (non-hydrogen) atoms. The topological polar surface area (TPSA) is 77.6 Å². The van der Waals surface area contributed by atoms with Gasteiger partial charge in [0.25, 0.3) is 5.91 Å². The van der Waals surface area contributed by atoms with E-state index >= 15 is 0 Å². The predicted octanol–water partition coefficient (Wildman–Crippen LogP) is 4.92. The molecule has 7 heteroatoms. The minimum atomic E-state index is -0.201. The maximum Gasteiger partial charge on any atom is 0.256 e. The molecule has 0 fully saturated rings. The van der Waals surface area contributed by atoms with Crippen molar-refractivity contribution in [3.63, 3.8) is 0 Å². The van der Waals surface area contributed by atoms with Crippen LogP contribution in [-0.4, -0.2) is 30.5 Å². The fraction of sp³-hybridized carbons (Fsp3) is 0.154. The Morgan fingerprint density at radius 2 is 1.82 bits per heavy atom. The molecule has 0 aliphatic rings. The zero-order valence-corrected chi connectivity index (χ0v) is 18.6. The second-order valence-electron chi connectivity index (χ2n) is 8.03. The van der Waals surface area contributed by atoms with Gasteiger partial charge in [-0.25, -0.2) is 4.98 Å². The maximum atomic E-state index is 13.3. The SMILES string of the molecule is CCn1cc(-c2cc(C(=O)Nc3cnn(Cc4cccc(C)c4)c3)c3ccccc3n2)cn1. The highest BCUT2D eigenvalue weighted by Crippen LogP contribution is 2.25. The van der Waals surface area contributed by atoms with Crippen LogP contribution in [-0.2, 0) is 13.1 Å². The van der Waals surface area contributed by atoms with Gasteiger partial charge in [0.15, 0.2) is 0 Å². The van der Waals surface area contributed by atoms with E-state index in [1.165, 1.54) is 5.56 Å². The van der Waals surface area contributed by atoms with Crippen molar-refractivity contribution in [2.75, 3.05) is 5.32 Å². The number of para-hydroxylation sites is 1. The summed E-state index contributed by atoms with van der Waals surface area (Å²) in [6.45, 7) is 5.51. The van der Waals surface area contributed by atoms with Crippen LogP contribution in [0, 0.1) is 6.92 Å². The Morgan fingerprint density at radius 3 is 2.64 bits per heavy atom. The zero-order valence-electron chi connectivity index (χ0n) is 18.6. The van der Waals surface area contributed by atoms with Crippen LogP contribution in [0.2, 0.25) is 0 Å². The first-order chi connectivity index (χ1) is 16.1. The third kappa shape index (κ3) is 4.39. The fourth-order valence-electron chi connectivity index (χ4n) is 3.89. The van der Waals surface area contributed by atoms with E-state index in [1.54, 1.807) is 12.4 Å². The molecule has 2 aromatic carbocycles. The van der Waals surface area contributed by atoms with E-state index in [0.29, 0.717) is 23.5 Å². The van der Waals surface area contributed by atoms with Crippen LogP contribution in [0.3, 0.4) is 0 Å². The van der Waals surface area contributed by atoms with Crippen molar-refractivity contribution in [2.24, 2.45) is 0 Å². The molecule has 1 amide bonds. The summed E-state index contributed by atoms with van der Waals surface area (Å²) in [6.07, 6.45) is 7.23. The Hall–Kier alpha value is -4.26. The zero-order chi connectivity index (χ0) is 22.8. The number of carbonyl (C=O) groups is 1. The van der Waals surface area contributed by atoms with Gasteiger partial charge in [0.1, 0.15) is 0 Å². The van der Waals surface area contributed by atoms with Crippen LogP contribution < -0.4 is 5.32 Å². The molecule has 1 N–H and O–H groups in total. The number of anilines is 1. The number of aryl methyl sites for hydroxylation is 2. The van der Waals surface area contributed by atoms with Crippen molar-refractivity contribution in [2.45, 2.75) is 26.9 Å². The van der Waals surface area contributed by atoms with Gasteiger partial charge in [-0.15, -0.1) is 0 Å². The summed E-state index contributed by atoms with van der Waals surface area (Å²) in [7, 11) is 0. The van der Waals surface area contributed by atoms with Gasteiger partial charge in [0.05, 0.1) is 41.4 Å². The first-order valence-electron chi connectivity index (χ1n) is 10.9. The molecule has 0 aliphatic carbocycles. The number of fused-ring (bicyclic) bond motifs is 1. The number of benzene rings is 2. The summed E-state index contributed by atoms with van der Waals surface area (Å²) < 4.78 is 3.66. The summed E-state index contributed by atoms with van der Waals surface area (Å²) in [5.41, 5.74) is 5.93. The van der Waals surface area contributed by atoms with Crippen LogP contribution in [0.4, 0.5) is 5.69 Å². The summed E-state index contributed by atoms with van der Waals surface area (Å²) in [4.78, 5) is 18.0. The number of hydrogen-bond acceptors (Lipinski definition) is 4. The molecular formula is C26H24N6O. The second-order valence-corrected chi connectivity index (χ2v) is 8.03. The molecule has 0 radical (unpaired) electrons. The van der Waals surface area contributed by atoms with E-state index in [9.17, 15) is 4.79 Å². The number of hydrogen-bond donors (Lipinski definition) is 1. The molecule has 7 nitrogen and oxygen atoms in total. The van der Waals surface area contributed by atoms with Gasteiger partial charge in [-0.05, 0) is 31.5 Å². The summed E-state index contributed by atoms with van der Waals surface area (Å²) in [5, 5.41) is 12.5. The van der Waals surface area contributed by atoms with Crippen molar-refractivity contribution in [1.82, 2.24) is 24.5 Å². The molecule has 0 saturated heterocycles. The van der Waals surface area contributed by atoms with Gasteiger partial charge in [-0.1, -0.05) is 48.0 Å². The minimum Gasteiger partial charge on any atom is -0.319 e. The molecule has 164 valence electrons. The van der Waals surface area contributed by atoms with E-state index in [4.69, 9.17) is 4.98 Å². The third-order valence-corrected chi connectivity index (χ3v) is 5.53. The maximum absolute atomic E-state index is 13.3. The van der Waals surface area contributed by atoms with Crippen LogP contribution in [0.1, 0.15) is 28.4 Å². The average Bonchev–Trinajstić information content (AvgIpc) is 3.48. The number of nitrogens with zero attached hydrogens (tertiary/aromatic N) is 5. The monoisotopic (exact) mass is 436 g/mol. The van der Waals surface area contributed by atoms with Crippen molar-refractivity contribution >= 4 is 22.5 Å². The van der Waals surface area contributed by atoms with Gasteiger partial charge in [-0.3, -0.25) is 14.2 Å². The van der Waals surface area contributed by atoms with Crippen molar-refractivity contribution in [1.29, 1.82) is 0 Å². The minimum absolute atomic E-state index is 0.201. The highest BCUT2D eigenvalue weighted by molar-refractivity contribution is 6.13. The predicted molar refractivity (Wildman–Crippen MR) is 129 cm³/mol. The van der Waals surface area contributed by atoms with Crippen LogP contribution in [0.15, 0.2) is 79.4 Å². The summed E-state index contributed by atoms with van der Waals surface area (Å²) in [5.74, 6) is -0.201. The van der Waals surface area contributed by atoms with E-state index in [-0.39, 0.29) is 5.91 Å². The lowest BCUT2D eigenvalue weighted by Gasteiger charge is -2.09. The fourth-order valence-corrected chi connectivity index (χ4v) is 3.89. The quantitative estimate of drug-likeness (QED) is 0.410. The van der Waals surface area contributed by atoms with Crippen LogP contribution in [0.5, 0.6) is 0 Å². The molecule has 0 unspecified atom stereocenters. The number of amides is 1. The molecule has 0 spiro atoms. The number of pyridine rings is 1. The Bertz CT molecular complexity index is 1450. The molecule has 3 heterocycles. The van der Waals surface area contributed by atoms with Crippen LogP contribution in [0.25, 0.3) is 22.2 Å². The molecule has 5 rings (SSSR count). The van der Waals surface area contributed by atoms with E-state index in [2.05, 4.69) is 40.6 Å². The molecule has 0 saturated carbocycles. The number of aromatic nitrogens is 5. The number of nitrogens with one attached hydrogen (secondary N) is 1. The smallest absolute Gasteiger partial charge is 0.256 e. The summed E-state index contributed by atoms with van der Waals surface area (Å²) in [6, 6.07) is 17.8. The molecule has 0 bridgehead atoms. The van der Waals surface area contributed by atoms with Gasteiger partial charge < -0.3 is 5.32 Å². The third-order valence-electron chi connectivity index (χ3n) is 5.53. The molecule has 3 aromatic heterocycles. The van der Waals surface area contributed by atoms with Gasteiger partial charge in [0, 0.05) is 29.9 Å². The Balaban J connectivity index is 1.43. The molecular weight excluding hydrogens is 412 g/mol. The standard InChI is InChI=1S/C26H24N6O/c1-3-31-16-20(13-27-31)25-12-23(22-9-4-5-10-24(22)30-25)26(33)29-21-14-28-32(17-21)15-19-8-6-7-18(2)11-19/h4-14,16-17H,3,15H2,1-2H3,(H,29,33). The molecule has 0 atom stereocenters. The highest BCUT2D eigenvalue weighted by atomic mass is 16.1. The Kier molecular flexibility index (Phi) is 5.44. The van der Waals surface area contributed by atoms with E-state index in [0.717, 1.165) is 28.6 Å². The normalized spacial score (nSPS) is 11.1. The lowest BCUT2D eigenvalue weighted by atomic mass is 10.0. The largest absolute Gasteiger partial charge is 0.319 e. The van der Waals surface area contributed by atoms with E-state index in [1.807, 2.05) is 65.1 Å². The lowest BCUT2D eigenvalue weighted by Crippen LogP contribution is -2.12. The second kappa shape index (κ2) is 8.70. The van der Waals surface area contributed by atoms with E-state index < -0.39 is 0 Å². The molecule has 5 aromatic rings. The number of carbonyl (C=O) groups excluding carboxylic acids is 1. The number of rotatable bonds is 6. The lowest BCUT2D eigenvalue weighted by molar-refractivity contribution is 0.102. The van der Waals surface area contributed by atoms with Crippen molar-refractivity contribution in [3.05, 3.63) is 96.1 Å². The Labute approximate surface area is 191 Å². The van der Waals surface area contributed by atoms with Gasteiger partial charge >= 0.3 is 0 Å². The van der Waals surface area contributed by atoms with Crippen molar-refractivity contribution in [3.8, 4) is 11.3 Å². The Morgan fingerprint density at radius 1 is 0.970 bits per heavy atom. The molecule has 0 aliphatic heterocycles.